The van der Waals surface area contributed by atoms with Crippen LogP contribution in [0.2, 0.25) is 5.02 Å². The molecule has 2 aromatic carbocycles. The number of nitrogens with one attached hydrogen (secondary N) is 1. The van der Waals surface area contributed by atoms with E-state index in [0.29, 0.717) is 27.7 Å². The van der Waals surface area contributed by atoms with Gasteiger partial charge in [-0.05, 0) is 76.1 Å². The third-order valence-corrected chi connectivity index (χ3v) is 6.92. The first-order valence-corrected chi connectivity index (χ1v) is 13.3. The number of halogens is 3. The van der Waals surface area contributed by atoms with Gasteiger partial charge in [-0.25, -0.2) is 18.6 Å². The van der Waals surface area contributed by atoms with Crippen LogP contribution in [0.3, 0.4) is 0 Å². The number of aromatic nitrogens is 2. The smallest absolute Gasteiger partial charge is 0.407 e. The van der Waals surface area contributed by atoms with Crippen LogP contribution in [0.5, 0.6) is 5.75 Å². The average Bonchev–Trinajstić information content (AvgIpc) is 3.18. The zero-order valence-electron chi connectivity index (χ0n) is 23.3. The van der Waals surface area contributed by atoms with Gasteiger partial charge in [0.25, 0.3) is 0 Å². The summed E-state index contributed by atoms with van der Waals surface area (Å²) in [6.45, 7) is 8.30. The minimum absolute atomic E-state index is 0.107. The van der Waals surface area contributed by atoms with E-state index in [1.54, 1.807) is 68.6 Å². The molecule has 2 N–H and O–H groups in total. The Morgan fingerprint density at radius 1 is 1.12 bits per heavy atom. The molecule has 0 aliphatic carbocycles. The average molecular weight is 585 g/mol. The van der Waals surface area contributed by atoms with Crippen LogP contribution in [-0.2, 0) is 11.4 Å². The topological polar surface area (TPSA) is 96.2 Å². The van der Waals surface area contributed by atoms with Gasteiger partial charge in [-0.2, -0.15) is 0 Å². The molecule has 4 aromatic rings. The lowest BCUT2D eigenvalue weighted by atomic mass is 9.95. The van der Waals surface area contributed by atoms with Crippen LogP contribution < -0.4 is 10.1 Å². The van der Waals surface area contributed by atoms with Gasteiger partial charge >= 0.3 is 6.09 Å². The van der Waals surface area contributed by atoms with Crippen molar-refractivity contribution >= 4 is 35.1 Å². The fraction of sp³-hybridized carbons (Fsp3) is 0.300. The number of aryl methyl sites for hydroxylation is 2. The van der Waals surface area contributed by atoms with Gasteiger partial charge in [0.15, 0.2) is 11.4 Å². The molecule has 8 nitrogen and oxygen atoms in total. The molecule has 0 saturated carbocycles. The highest BCUT2D eigenvalue weighted by Crippen LogP contribution is 2.30. The molecule has 41 heavy (non-hydrogen) atoms. The third-order valence-electron chi connectivity index (χ3n) is 6.67. The van der Waals surface area contributed by atoms with E-state index in [0.717, 1.165) is 17.7 Å². The fourth-order valence-corrected chi connectivity index (χ4v) is 4.62. The molecule has 1 atom stereocenters. The maximum atomic E-state index is 14.2. The number of hydrogen-bond acceptors (Lipinski definition) is 4. The van der Waals surface area contributed by atoms with Crippen molar-refractivity contribution in [3.05, 3.63) is 93.8 Å². The summed E-state index contributed by atoms with van der Waals surface area (Å²) in [4.78, 5) is 31.7. The fourth-order valence-electron chi connectivity index (χ4n) is 4.49. The van der Waals surface area contributed by atoms with Crippen LogP contribution >= 0.6 is 11.6 Å². The van der Waals surface area contributed by atoms with Gasteiger partial charge < -0.3 is 20.1 Å². The molecule has 11 heteroatoms. The summed E-state index contributed by atoms with van der Waals surface area (Å²) in [6, 6.07) is 11.9. The Morgan fingerprint density at radius 2 is 1.76 bits per heavy atom. The van der Waals surface area contributed by atoms with Crippen LogP contribution in [0.1, 0.15) is 49.1 Å². The molecule has 0 spiro atoms. The van der Waals surface area contributed by atoms with E-state index in [2.05, 4.69) is 10.3 Å². The Hall–Kier alpha value is -4.18. The normalized spacial score (nSPS) is 12.3. The van der Waals surface area contributed by atoms with Gasteiger partial charge in [0.1, 0.15) is 24.1 Å². The lowest BCUT2D eigenvalue weighted by Crippen LogP contribution is -2.48. The Balaban J connectivity index is 1.69. The van der Waals surface area contributed by atoms with Gasteiger partial charge in [0.05, 0.1) is 17.2 Å². The van der Waals surface area contributed by atoms with Gasteiger partial charge in [-0.3, -0.25) is 9.20 Å². The summed E-state index contributed by atoms with van der Waals surface area (Å²) in [5.74, 6) is -2.15. The molecule has 0 saturated heterocycles. The van der Waals surface area contributed by atoms with Crippen molar-refractivity contribution in [3.8, 4) is 5.75 Å². The van der Waals surface area contributed by atoms with Crippen molar-refractivity contribution in [2.24, 2.45) is 0 Å². The zero-order valence-corrected chi connectivity index (χ0v) is 24.1. The largest absolute Gasteiger partial charge is 0.485 e. The van der Waals surface area contributed by atoms with Crippen molar-refractivity contribution in [2.75, 3.05) is 11.9 Å². The Morgan fingerprint density at radius 3 is 2.34 bits per heavy atom. The van der Waals surface area contributed by atoms with Crippen molar-refractivity contribution in [3.63, 3.8) is 0 Å². The van der Waals surface area contributed by atoms with Crippen LogP contribution in [0.15, 0.2) is 54.7 Å². The van der Waals surface area contributed by atoms with Gasteiger partial charge in [-0.1, -0.05) is 29.8 Å². The Labute approximate surface area is 241 Å². The summed E-state index contributed by atoms with van der Waals surface area (Å²) in [6.07, 6.45) is 0.594. The number of fused-ring (bicyclic) bond motifs is 1. The molecule has 0 fully saturated rings. The number of rotatable bonds is 8. The maximum absolute atomic E-state index is 14.2. The number of amides is 2. The summed E-state index contributed by atoms with van der Waals surface area (Å²) < 4.78 is 35.8. The SMILES string of the molecule is Cc1cc(OCc2c(F)cccc2F)c2nc(C)c(NC(=O)C(CN(C(=O)O)C(C)(C)C)c3ccc(Cl)cc3)n2c1. The van der Waals surface area contributed by atoms with Crippen LogP contribution in [-0.4, -0.2) is 43.5 Å². The Kier molecular flexibility index (Phi) is 8.53. The first-order valence-electron chi connectivity index (χ1n) is 12.9. The van der Waals surface area contributed by atoms with Gasteiger partial charge in [-0.15, -0.1) is 0 Å². The number of benzene rings is 2. The first kappa shape index (κ1) is 29.8. The summed E-state index contributed by atoms with van der Waals surface area (Å²) >= 11 is 6.07. The lowest BCUT2D eigenvalue weighted by molar-refractivity contribution is -0.118. The monoisotopic (exact) mass is 584 g/mol. The molecular weight excluding hydrogens is 554 g/mol. The number of ether oxygens (including phenoxy) is 1. The number of imidazole rings is 1. The molecule has 0 aliphatic rings. The summed E-state index contributed by atoms with van der Waals surface area (Å²) in [5.41, 5.74) is 1.15. The van der Waals surface area contributed by atoms with Crippen molar-refractivity contribution in [1.29, 1.82) is 0 Å². The number of carbonyl (C=O) groups is 2. The predicted molar refractivity (Wildman–Crippen MR) is 153 cm³/mol. The number of carbonyl (C=O) groups excluding carboxylic acids is 1. The minimum Gasteiger partial charge on any atom is -0.485 e. The second-order valence-electron chi connectivity index (χ2n) is 10.8. The molecule has 4 rings (SSSR count). The summed E-state index contributed by atoms with van der Waals surface area (Å²) in [7, 11) is 0. The van der Waals surface area contributed by atoms with E-state index >= 15 is 0 Å². The highest BCUT2D eigenvalue weighted by Gasteiger charge is 2.33. The molecule has 2 amide bonds. The molecule has 2 heterocycles. The number of hydrogen-bond donors (Lipinski definition) is 2. The zero-order chi connectivity index (χ0) is 30.1. The molecular formula is C30H31ClF2N4O4. The van der Waals surface area contributed by atoms with E-state index in [4.69, 9.17) is 16.3 Å². The second-order valence-corrected chi connectivity index (χ2v) is 11.2. The predicted octanol–water partition coefficient (Wildman–Crippen LogP) is 6.96. The van der Waals surface area contributed by atoms with E-state index < -0.39 is 35.1 Å². The van der Waals surface area contributed by atoms with Crippen molar-refractivity contribution < 1.29 is 28.2 Å². The quantitative estimate of drug-likeness (QED) is 0.233. The van der Waals surface area contributed by atoms with Gasteiger partial charge in [0, 0.05) is 23.3 Å². The van der Waals surface area contributed by atoms with Crippen molar-refractivity contribution in [1.82, 2.24) is 14.3 Å². The van der Waals surface area contributed by atoms with Crippen LogP contribution in [0, 0.1) is 25.5 Å². The molecule has 216 valence electrons. The number of nitrogens with zero attached hydrogens (tertiary/aromatic N) is 3. The molecule has 0 bridgehead atoms. The van der Waals surface area contributed by atoms with Crippen LogP contribution in [0.25, 0.3) is 5.65 Å². The lowest BCUT2D eigenvalue weighted by Gasteiger charge is -2.35. The first-order chi connectivity index (χ1) is 19.3. The molecule has 0 radical (unpaired) electrons. The molecule has 1 unspecified atom stereocenters. The van der Waals surface area contributed by atoms with E-state index in [9.17, 15) is 23.5 Å². The Bertz CT molecular complexity index is 1580. The number of anilines is 1. The molecule has 2 aromatic heterocycles. The summed E-state index contributed by atoms with van der Waals surface area (Å²) in [5, 5.41) is 13.3. The molecule has 0 aliphatic heterocycles. The van der Waals surface area contributed by atoms with E-state index in [1.165, 1.54) is 11.0 Å². The van der Waals surface area contributed by atoms with E-state index in [-0.39, 0.29) is 24.5 Å². The highest BCUT2D eigenvalue weighted by atomic mass is 35.5. The second kappa shape index (κ2) is 11.7. The number of carboxylic acid groups (broad SMARTS) is 1. The highest BCUT2D eigenvalue weighted by molar-refractivity contribution is 6.30. The van der Waals surface area contributed by atoms with Crippen molar-refractivity contribution in [2.45, 2.75) is 52.7 Å². The van der Waals surface area contributed by atoms with Gasteiger partial charge in [0.2, 0.25) is 5.91 Å². The van der Waals surface area contributed by atoms with E-state index in [1.807, 2.05) is 6.92 Å². The van der Waals surface area contributed by atoms with Crippen LogP contribution in [0.4, 0.5) is 19.4 Å². The third kappa shape index (κ3) is 6.59. The standard InChI is InChI=1S/C30H31ClF2N4O4/c1-17-13-25(41-16-22-23(32)7-6-8-24(22)33)27-34-18(2)26(36(27)14-17)35-28(38)21(19-9-11-20(31)12-10-19)15-37(29(39)40)30(3,4)5/h6-14,21H,15-16H2,1-5H3,(H,35,38)(H,39,40). The number of pyridine rings is 1. The maximum Gasteiger partial charge on any atom is 0.407 e. The minimum atomic E-state index is -1.15.